The topological polar surface area (TPSA) is 95.7 Å². The Hall–Kier alpha value is -2.67. The van der Waals surface area contributed by atoms with Crippen LogP contribution >= 0.6 is 0 Å². The van der Waals surface area contributed by atoms with E-state index < -0.39 is 18.1 Å². The lowest BCUT2D eigenvalue weighted by atomic mass is 9.90. The number of aliphatic hydroxyl groups excluding tert-OH is 1. The summed E-state index contributed by atoms with van der Waals surface area (Å²) in [4.78, 5) is 28.1. The fraction of sp³-hybridized carbons (Fsp3) is 0.542. The third-order valence-electron chi connectivity index (χ3n) is 5.90. The first-order chi connectivity index (χ1) is 14.7. The molecule has 0 bridgehead atoms. The molecule has 1 aromatic carbocycles. The summed E-state index contributed by atoms with van der Waals surface area (Å²) in [5.74, 6) is -0.402. The molecule has 1 aliphatic rings. The number of amides is 2. The van der Waals surface area contributed by atoms with Gasteiger partial charge >= 0.3 is 0 Å². The van der Waals surface area contributed by atoms with Gasteiger partial charge in [-0.2, -0.15) is 0 Å². The highest BCUT2D eigenvalue weighted by Crippen LogP contribution is 2.32. The first-order valence-electron chi connectivity index (χ1n) is 11.0. The van der Waals surface area contributed by atoms with E-state index in [1.165, 1.54) is 4.90 Å². The van der Waals surface area contributed by atoms with Gasteiger partial charge in [-0.15, -0.1) is 0 Å². The molecule has 0 radical (unpaired) electrons. The lowest BCUT2D eigenvalue weighted by Crippen LogP contribution is -2.48. The Morgan fingerprint density at radius 3 is 2.42 bits per heavy atom. The van der Waals surface area contributed by atoms with E-state index in [2.05, 4.69) is 10.5 Å². The van der Waals surface area contributed by atoms with E-state index in [-0.39, 0.29) is 42.7 Å². The second-order valence-corrected chi connectivity index (χ2v) is 9.07. The highest BCUT2D eigenvalue weighted by Gasteiger charge is 2.43. The molecule has 0 unspecified atom stereocenters. The summed E-state index contributed by atoms with van der Waals surface area (Å²) in [6.45, 7) is 9.95. The monoisotopic (exact) mass is 427 g/mol. The summed E-state index contributed by atoms with van der Waals surface area (Å²) < 4.78 is 5.51. The molecular formula is C24H33N3O4. The Balaban J connectivity index is 1.79. The minimum atomic E-state index is -0.736. The standard InChI is InChI=1S/C24H33N3O4/c1-14(2)19-12-21(31-26-19)22(15(3)4)24(30)27-13-18(28)11-20(27)23(29)25-16(5)17-9-7-6-8-10-17/h6-10,12,14-16,18,20,22,28H,11,13H2,1-5H3,(H,25,29)/t16-,18+,20-,22+/m0/s1. The molecule has 31 heavy (non-hydrogen) atoms. The maximum Gasteiger partial charge on any atom is 0.243 e. The number of aromatic nitrogens is 1. The number of hydrogen-bond donors (Lipinski definition) is 2. The second-order valence-electron chi connectivity index (χ2n) is 9.07. The number of aliphatic hydroxyl groups is 1. The van der Waals surface area contributed by atoms with Gasteiger partial charge in [0.05, 0.1) is 17.8 Å². The second kappa shape index (κ2) is 9.64. The van der Waals surface area contributed by atoms with Gasteiger partial charge in [-0.05, 0) is 24.3 Å². The summed E-state index contributed by atoms with van der Waals surface area (Å²) in [6.07, 6.45) is -0.516. The van der Waals surface area contributed by atoms with Crippen molar-refractivity contribution in [1.82, 2.24) is 15.4 Å². The van der Waals surface area contributed by atoms with E-state index in [0.29, 0.717) is 5.76 Å². The average Bonchev–Trinajstić information content (AvgIpc) is 3.35. The quantitative estimate of drug-likeness (QED) is 0.706. The number of carbonyl (C=O) groups is 2. The van der Waals surface area contributed by atoms with Gasteiger partial charge in [-0.1, -0.05) is 63.2 Å². The van der Waals surface area contributed by atoms with Crippen molar-refractivity contribution < 1.29 is 19.2 Å². The minimum Gasteiger partial charge on any atom is -0.391 e. The number of nitrogens with one attached hydrogen (secondary N) is 1. The molecule has 4 atom stereocenters. The zero-order chi connectivity index (χ0) is 22.7. The molecule has 3 rings (SSSR count). The number of β-amino-alcohol motifs (C(OH)–C–C–N with tert-alkyl or cyclic N) is 1. The van der Waals surface area contributed by atoms with Gasteiger partial charge < -0.3 is 19.8 Å². The third-order valence-corrected chi connectivity index (χ3v) is 5.90. The van der Waals surface area contributed by atoms with Gasteiger partial charge in [0.2, 0.25) is 11.8 Å². The van der Waals surface area contributed by atoms with E-state index in [9.17, 15) is 14.7 Å². The molecule has 1 saturated heterocycles. The third kappa shape index (κ3) is 5.15. The Kier molecular flexibility index (Phi) is 7.15. The summed E-state index contributed by atoms with van der Waals surface area (Å²) in [5.41, 5.74) is 1.77. The summed E-state index contributed by atoms with van der Waals surface area (Å²) in [5, 5.41) is 17.4. The molecule has 2 amide bonds. The molecule has 0 spiro atoms. The van der Waals surface area contributed by atoms with Crippen LogP contribution in [0, 0.1) is 5.92 Å². The molecule has 1 aromatic heterocycles. The van der Waals surface area contributed by atoms with Gasteiger partial charge in [-0.25, -0.2) is 0 Å². The van der Waals surface area contributed by atoms with E-state index in [1.54, 1.807) is 0 Å². The Bertz CT molecular complexity index is 893. The molecule has 0 aliphatic carbocycles. The van der Waals surface area contributed by atoms with E-state index >= 15 is 0 Å². The number of hydrogen-bond acceptors (Lipinski definition) is 5. The van der Waals surface area contributed by atoms with Crippen LogP contribution in [0.5, 0.6) is 0 Å². The van der Waals surface area contributed by atoms with Crippen LogP contribution in [0.2, 0.25) is 0 Å². The lowest BCUT2D eigenvalue weighted by molar-refractivity contribution is -0.141. The predicted molar refractivity (Wildman–Crippen MR) is 117 cm³/mol. The van der Waals surface area contributed by atoms with E-state index in [1.807, 2.05) is 71.0 Å². The Morgan fingerprint density at radius 1 is 1.16 bits per heavy atom. The molecule has 2 N–H and O–H groups in total. The maximum atomic E-state index is 13.5. The van der Waals surface area contributed by atoms with E-state index in [0.717, 1.165) is 11.3 Å². The number of likely N-dealkylation sites (tertiary alicyclic amines) is 1. The molecule has 7 nitrogen and oxygen atoms in total. The number of benzene rings is 1. The fourth-order valence-electron chi connectivity index (χ4n) is 4.08. The van der Waals surface area contributed by atoms with Gasteiger partial charge in [0.15, 0.2) is 0 Å². The van der Waals surface area contributed by atoms with Crippen LogP contribution in [0.15, 0.2) is 40.9 Å². The summed E-state index contributed by atoms with van der Waals surface area (Å²) in [6, 6.07) is 10.6. The number of carbonyl (C=O) groups excluding carboxylic acids is 2. The number of rotatable bonds is 7. The predicted octanol–water partition coefficient (Wildman–Crippen LogP) is 3.38. The van der Waals surface area contributed by atoms with Crippen LogP contribution in [-0.4, -0.2) is 45.7 Å². The first kappa shape index (κ1) is 23.0. The van der Waals surface area contributed by atoms with Crippen LogP contribution in [0.1, 0.15) is 75.9 Å². The summed E-state index contributed by atoms with van der Waals surface area (Å²) >= 11 is 0. The molecule has 2 heterocycles. The largest absolute Gasteiger partial charge is 0.391 e. The lowest BCUT2D eigenvalue weighted by Gasteiger charge is -2.29. The van der Waals surface area contributed by atoms with Crippen LogP contribution in [0.25, 0.3) is 0 Å². The highest BCUT2D eigenvalue weighted by molar-refractivity contribution is 5.91. The average molecular weight is 428 g/mol. The first-order valence-corrected chi connectivity index (χ1v) is 11.0. The molecule has 7 heteroatoms. The molecule has 0 saturated carbocycles. The van der Waals surface area contributed by atoms with Gasteiger partial charge in [-0.3, -0.25) is 9.59 Å². The SMILES string of the molecule is CC(C)c1cc([C@H](C(=O)N2C[C@H](O)C[C@H]2C(=O)N[C@@H](C)c2ccccc2)C(C)C)on1. The van der Waals surface area contributed by atoms with Crippen molar-refractivity contribution in [3.05, 3.63) is 53.4 Å². The van der Waals surface area contributed by atoms with Gasteiger partial charge in [0, 0.05) is 19.0 Å². The van der Waals surface area contributed by atoms with Crippen molar-refractivity contribution >= 4 is 11.8 Å². The molecule has 1 fully saturated rings. The van der Waals surface area contributed by atoms with Crippen LogP contribution in [0.3, 0.4) is 0 Å². The summed E-state index contributed by atoms with van der Waals surface area (Å²) in [7, 11) is 0. The van der Waals surface area contributed by atoms with Crippen molar-refractivity contribution in [1.29, 1.82) is 0 Å². The zero-order valence-corrected chi connectivity index (χ0v) is 18.9. The van der Waals surface area contributed by atoms with Crippen molar-refractivity contribution in [2.24, 2.45) is 5.92 Å². The Morgan fingerprint density at radius 2 is 1.84 bits per heavy atom. The normalized spacial score (nSPS) is 20.8. The smallest absolute Gasteiger partial charge is 0.243 e. The van der Waals surface area contributed by atoms with Crippen molar-refractivity contribution in [2.45, 2.75) is 71.1 Å². The van der Waals surface area contributed by atoms with E-state index in [4.69, 9.17) is 4.52 Å². The van der Waals surface area contributed by atoms with Crippen LogP contribution in [0.4, 0.5) is 0 Å². The van der Waals surface area contributed by atoms with Gasteiger partial charge in [0.25, 0.3) is 0 Å². The molecular weight excluding hydrogens is 394 g/mol. The van der Waals surface area contributed by atoms with Crippen molar-refractivity contribution in [2.75, 3.05) is 6.54 Å². The minimum absolute atomic E-state index is 0.0508. The van der Waals surface area contributed by atoms with Crippen LogP contribution in [-0.2, 0) is 9.59 Å². The Labute approximate surface area is 183 Å². The highest BCUT2D eigenvalue weighted by atomic mass is 16.5. The van der Waals surface area contributed by atoms with Crippen molar-refractivity contribution in [3.8, 4) is 0 Å². The van der Waals surface area contributed by atoms with Crippen molar-refractivity contribution in [3.63, 3.8) is 0 Å². The molecule has 1 aliphatic heterocycles. The van der Waals surface area contributed by atoms with Crippen LogP contribution < -0.4 is 5.32 Å². The fourth-order valence-corrected chi connectivity index (χ4v) is 4.08. The number of nitrogens with zero attached hydrogens (tertiary/aromatic N) is 2. The molecule has 168 valence electrons. The van der Waals surface area contributed by atoms with Gasteiger partial charge in [0.1, 0.15) is 17.7 Å². The maximum absolute atomic E-state index is 13.5. The zero-order valence-electron chi connectivity index (χ0n) is 18.9. The molecule has 2 aromatic rings.